The predicted octanol–water partition coefficient (Wildman–Crippen LogP) is 6.12. The van der Waals surface area contributed by atoms with Gasteiger partial charge in [-0.2, -0.15) is 0 Å². The minimum absolute atomic E-state index is 0.0218. The van der Waals surface area contributed by atoms with Gasteiger partial charge in [0.05, 0.1) is 13.2 Å². The lowest BCUT2D eigenvalue weighted by atomic mass is 9.91. The molecule has 2 aliphatic rings. The summed E-state index contributed by atoms with van der Waals surface area (Å²) in [5.74, 6) is 0.382. The summed E-state index contributed by atoms with van der Waals surface area (Å²) in [7, 11) is 1.91. The third-order valence-corrected chi connectivity index (χ3v) is 8.24. The highest BCUT2D eigenvalue weighted by Gasteiger charge is 2.33. The standard InChI is InChI=1S/C29H33NO4S/c1-30(23-7-3-2-4-8-23)29(32)26-15-22(25-19-35-27-10-6-5-9-24(25)27)16-28(34-26)33-18-21-13-11-20(17-31)12-14-21/h5-6,9-15,19,22-23,28,31H,2-4,7-8,16-18H2,1H3/t22-,28+/m1/s1. The van der Waals surface area contributed by atoms with Crippen LogP contribution in [0.25, 0.3) is 10.1 Å². The molecule has 1 amide bonds. The molecule has 0 radical (unpaired) electrons. The number of ether oxygens (including phenoxy) is 2. The molecular weight excluding hydrogens is 458 g/mol. The van der Waals surface area contributed by atoms with Crippen LogP contribution in [0.4, 0.5) is 0 Å². The van der Waals surface area contributed by atoms with Gasteiger partial charge in [-0.1, -0.05) is 61.7 Å². The number of hydrogen-bond donors (Lipinski definition) is 1. The number of thiophene rings is 1. The van der Waals surface area contributed by atoms with Crippen LogP contribution in [0, 0.1) is 0 Å². The molecule has 0 saturated heterocycles. The summed E-state index contributed by atoms with van der Waals surface area (Å²) in [6.45, 7) is 0.404. The summed E-state index contributed by atoms with van der Waals surface area (Å²) in [6.07, 6.45) is 7.85. The van der Waals surface area contributed by atoms with Crippen LogP contribution in [0.2, 0.25) is 0 Å². The maximum atomic E-state index is 13.5. The minimum Gasteiger partial charge on any atom is -0.459 e. The first kappa shape index (κ1) is 24.0. The topological polar surface area (TPSA) is 59.0 Å². The van der Waals surface area contributed by atoms with E-state index in [1.807, 2.05) is 42.3 Å². The van der Waals surface area contributed by atoms with Crippen molar-refractivity contribution in [2.45, 2.75) is 70.0 Å². The zero-order valence-corrected chi connectivity index (χ0v) is 21.0. The highest BCUT2D eigenvalue weighted by Crippen LogP contribution is 2.39. The second-order valence-electron chi connectivity index (χ2n) is 9.60. The molecule has 0 spiro atoms. The molecule has 2 atom stereocenters. The number of aliphatic hydroxyl groups excluding tert-OH is 1. The van der Waals surface area contributed by atoms with E-state index in [1.165, 1.54) is 34.9 Å². The third-order valence-electron chi connectivity index (χ3n) is 7.26. The first-order chi connectivity index (χ1) is 17.1. The zero-order valence-electron chi connectivity index (χ0n) is 20.2. The third kappa shape index (κ3) is 5.45. The van der Waals surface area contributed by atoms with Crippen molar-refractivity contribution in [3.63, 3.8) is 0 Å². The van der Waals surface area contributed by atoms with Crippen LogP contribution in [0.5, 0.6) is 0 Å². The fourth-order valence-electron chi connectivity index (χ4n) is 5.15. The Hall–Kier alpha value is -2.67. The highest BCUT2D eigenvalue weighted by atomic mass is 32.1. The quantitative estimate of drug-likeness (QED) is 0.433. The smallest absolute Gasteiger partial charge is 0.288 e. The summed E-state index contributed by atoms with van der Waals surface area (Å²) < 4.78 is 13.6. The van der Waals surface area contributed by atoms with Crippen LogP contribution in [-0.2, 0) is 27.5 Å². The number of benzene rings is 2. The molecule has 6 heteroatoms. The summed E-state index contributed by atoms with van der Waals surface area (Å²) in [5, 5.41) is 12.7. The largest absolute Gasteiger partial charge is 0.459 e. The molecule has 3 aromatic rings. The van der Waals surface area contributed by atoms with Crippen molar-refractivity contribution in [2.75, 3.05) is 7.05 Å². The lowest BCUT2D eigenvalue weighted by Crippen LogP contribution is -2.41. The molecule has 2 aromatic carbocycles. The molecule has 5 rings (SSSR count). The average Bonchev–Trinajstić information content (AvgIpc) is 3.36. The Kier molecular flexibility index (Phi) is 7.51. The highest BCUT2D eigenvalue weighted by molar-refractivity contribution is 7.17. The average molecular weight is 492 g/mol. The number of carbonyl (C=O) groups excluding carboxylic acids is 1. The van der Waals surface area contributed by atoms with E-state index in [4.69, 9.17) is 9.47 Å². The lowest BCUT2D eigenvalue weighted by molar-refractivity contribution is -0.156. The van der Waals surface area contributed by atoms with Crippen molar-refractivity contribution < 1.29 is 19.4 Å². The monoisotopic (exact) mass is 491 g/mol. The Morgan fingerprint density at radius 1 is 1.09 bits per heavy atom. The Morgan fingerprint density at radius 3 is 2.60 bits per heavy atom. The van der Waals surface area contributed by atoms with Gasteiger partial charge in [-0.3, -0.25) is 4.79 Å². The molecule has 184 valence electrons. The molecule has 35 heavy (non-hydrogen) atoms. The SMILES string of the molecule is CN(C(=O)C1=C[C@@H](c2csc3ccccc23)C[C@@H](OCc2ccc(CO)cc2)O1)C1CCCCC1. The Morgan fingerprint density at radius 2 is 1.83 bits per heavy atom. The van der Waals surface area contributed by atoms with Gasteiger partial charge in [0, 0.05) is 30.1 Å². The van der Waals surface area contributed by atoms with Crippen LogP contribution < -0.4 is 0 Å². The molecule has 2 heterocycles. The number of fused-ring (bicyclic) bond motifs is 1. The molecule has 0 bridgehead atoms. The van der Waals surface area contributed by atoms with Crippen LogP contribution in [0.3, 0.4) is 0 Å². The van der Waals surface area contributed by atoms with Crippen LogP contribution in [-0.4, -0.2) is 35.3 Å². The first-order valence-corrected chi connectivity index (χ1v) is 13.4. The van der Waals surface area contributed by atoms with Gasteiger partial charge >= 0.3 is 0 Å². The fourth-order valence-corrected chi connectivity index (χ4v) is 6.18. The van der Waals surface area contributed by atoms with Gasteiger partial charge in [0.1, 0.15) is 0 Å². The molecular formula is C29H33NO4S. The Balaban J connectivity index is 1.38. The minimum atomic E-state index is -0.514. The van der Waals surface area contributed by atoms with Crippen molar-refractivity contribution in [3.8, 4) is 0 Å². The van der Waals surface area contributed by atoms with Crippen molar-refractivity contribution in [3.05, 3.63) is 82.4 Å². The lowest BCUT2D eigenvalue weighted by Gasteiger charge is -2.34. The van der Waals surface area contributed by atoms with E-state index in [9.17, 15) is 9.90 Å². The molecule has 1 aromatic heterocycles. The maximum absolute atomic E-state index is 13.5. The van der Waals surface area contributed by atoms with Gasteiger partial charge in [-0.15, -0.1) is 11.3 Å². The molecule has 1 aliphatic carbocycles. The van der Waals surface area contributed by atoms with Crippen molar-refractivity contribution in [2.24, 2.45) is 0 Å². The molecule has 1 saturated carbocycles. The van der Waals surface area contributed by atoms with Crippen LogP contribution in [0.15, 0.2) is 65.7 Å². The number of aliphatic hydroxyl groups is 1. The van der Waals surface area contributed by atoms with Gasteiger partial charge in [-0.25, -0.2) is 0 Å². The number of amides is 1. The van der Waals surface area contributed by atoms with Crippen LogP contribution in [0.1, 0.15) is 61.1 Å². The second-order valence-corrected chi connectivity index (χ2v) is 10.5. The number of rotatable bonds is 7. The summed E-state index contributed by atoms with van der Waals surface area (Å²) in [4.78, 5) is 15.4. The van der Waals surface area contributed by atoms with E-state index in [0.717, 1.165) is 24.0 Å². The normalized spacial score (nSPS) is 20.9. The maximum Gasteiger partial charge on any atom is 0.288 e. The number of likely N-dealkylation sites (N-methyl/N-ethyl adjacent to an activating group) is 1. The van der Waals surface area contributed by atoms with E-state index in [0.29, 0.717) is 18.8 Å². The molecule has 1 fully saturated rings. The predicted molar refractivity (Wildman–Crippen MR) is 139 cm³/mol. The van der Waals surface area contributed by atoms with Gasteiger partial charge in [-0.05, 0) is 52.4 Å². The van der Waals surface area contributed by atoms with Gasteiger partial charge < -0.3 is 19.5 Å². The van der Waals surface area contributed by atoms with E-state index in [-0.39, 0.29) is 24.5 Å². The molecule has 0 unspecified atom stereocenters. The van der Waals surface area contributed by atoms with Gasteiger partial charge in [0.15, 0.2) is 5.76 Å². The van der Waals surface area contributed by atoms with Crippen LogP contribution >= 0.6 is 11.3 Å². The number of carbonyl (C=O) groups is 1. The summed E-state index contributed by atoms with van der Waals surface area (Å²) in [5.41, 5.74) is 3.10. The van der Waals surface area contributed by atoms with Crippen molar-refractivity contribution >= 4 is 27.3 Å². The number of allylic oxidation sites excluding steroid dienone is 1. The van der Waals surface area contributed by atoms with E-state index in [1.54, 1.807) is 11.3 Å². The van der Waals surface area contributed by atoms with Gasteiger partial charge in [0.2, 0.25) is 6.29 Å². The van der Waals surface area contributed by atoms with Gasteiger partial charge in [0.25, 0.3) is 5.91 Å². The molecule has 5 nitrogen and oxygen atoms in total. The van der Waals surface area contributed by atoms with Crippen molar-refractivity contribution in [1.82, 2.24) is 4.90 Å². The number of hydrogen-bond acceptors (Lipinski definition) is 5. The first-order valence-electron chi connectivity index (χ1n) is 12.5. The summed E-state index contributed by atoms with van der Waals surface area (Å²) in [6, 6.07) is 16.4. The van der Waals surface area contributed by atoms with E-state index < -0.39 is 6.29 Å². The number of nitrogens with zero attached hydrogens (tertiary/aromatic N) is 1. The fraction of sp³-hybridized carbons (Fsp3) is 0.414. The Labute approximate surface area is 211 Å². The molecule has 1 N–H and O–H groups in total. The summed E-state index contributed by atoms with van der Waals surface area (Å²) >= 11 is 1.73. The van der Waals surface area contributed by atoms with Crippen molar-refractivity contribution in [1.29, 1.82) is 0 Å². The molecule has 1 aliphatic heterocycles. The zero-order chi connectivity index (χ0) is 24.2. The second kappa shape index (κ2) is 10.9. The van der Waals surface area contributed by atoms with E-state index >= 15 is 0 Å². The Bertz CT molecular complexity index is 1180. The van der Waals surface area contributed by atoms with E-state index in [2.05, 4.69) is 29.6 Å².